The van der Waals surface area contributed by atoms with E-state index in [1.54, 1.807) is 0 Å². The molecule has 0 unspecified atom stereocenters. The summed E-state index contributed by atoms with van der Waals surface area (Å²) in [5.74, 6) is 1.15. The molecule has 2 aliphatic rings. The number of fused-ring (bicyclic) bond motifs is 1. The van der Waals surface area contributed by atoms with Crippen LogP contribution in [0.15, 0.2) is 18.2 Å². The molecule has 0 aliphatic heterocycles. The van der Waals surface area contributed by atoms with Gasteiger partial charge < -0.3 is 10.3 Å². The maximum atomic E-state index is 6.19. The van der Waals surface area contributed by atoms with Crippen molar-refractivity contribution in [2.45, 2.75) is 50.6 Å². The van der Waals surface area contributed by atoms with E-state index in [0.717, 1.165) is 17.8 Å². The Kier molecular flexibility index (Phi) is 1.97. The first-order valence-electron chi connectivity index (χ1n) is 6.91. The summed E-state index contributed by atoms with van der Waals surface area (Å²) in [6.45, 7) is 2.11. The summed E-state index contributed by atoms with van der Waals surface area (Å²) in [7, 11) is 0. The fourth-order valence-corrected chi connectivity index (χ4v) is 2.91. The zero-order valence-electron chi connectivity index (χ0n) is 10.8. The van der Waals surface area contributed by atoms with Crippen LogP contribution in [-0.2, 0) is 6.42 Å². The molecule has 94 valence electrons. The standard InChI is InChI=1S/C15H19N3/c1-10-17-13-8-11(9-15(16)6-7-15)2-5-14(13)18(10)12-3-4-12/h2,5,8,12H,3-4,6-7,9,16H2,1H3. The van der Waals surface area contributed by atoms with E-state index in [-0.39, 0.29) is 5.54 Å². The third-order valence-corrected chi connectivity index (χ3v) is 4.29. The van der Waals surface area contributed by atoms with E-state index in [4.69, 9.17) is 10.7 Å². The van der Waals surface area contributed by atoms with Crippen LogP contribution in [0.5, 0.6) is 0 Å². The van der Waals surface area contributed by atoms with Gasteiger partial charge in [0, 0.05) is 11.6 Å². The van der Waals surface area contributed by atoms with Gasteiger partial charge in [0.25, 0.3) is 0 Å². The van der Waals surface area contributed by atoms with Gasteiger partial charge in [0.15, 0.2) is 0 Å². The molecule has 18 heavy (non-hydrogen) atoms. The zero-order valence-corrected chi connectivity index (χ0v) is 10.8. The van der Waals surface area contributed by atoms with E-state index in [9.17, 15) is 0 Å². The number of hydrogen-bond donors (Lipinski definition) is 1. The summed E-state index contributed by atoms with van der Waals surface area (Å²) in [5.41, 5.74) is 10.0. The number of nitrogens with zero attached hydrogens (tertiary/aromatic N) is 2. The molecule has 3 nitrogen and oxygen atoms in total. The van der Waals surface area contributed by atoms with Crippen molar-refractivity contribution in [1.29, 1.82) is 0 Å². The molecule has 2 N–H and O–H groups in total. The molecule has 1 heterocycles. The minimum atomic E-state index is 0.0851. The van der Waals surface area contributed by atoms with Crippen molar-refractivity contribution in [3.05, 3.63) is 29.6 Å². The van der Waals surface area contributed by atoms with Gasteiger partial charge in [0.2, 0.25) is 0 Å². The van der Waals surface area contributed by atoms with Crippen LogP contribution < -0.4 is 5.73 Å². The van der Waals surface area contributed by atoms with Crippen molar-refractivity contribution < 1.29 is 0 Å². The predicted octanol–water partition coefficient (Wildman–Crippen LogP) is 2.71. The Hall–Kier alpha value is -1.35. The molecule has 3 heteroatoms. The monoisotopic (exact) mass is 241 g/mol. The summed E-state index contributed by atoms with van der Waals surface area (Å²) in [6, 6.07) is 7.39. The average Bonchev–Trinajstić information content (AvgIpc) is 3.22. The molecule has 2 saturated carbocycles. The molecule has 1 aromatic carbocycles. The van der Waals surface area contributed by atoms with Gasteiger partial charge in [-0.2, -0.15) is 0 Å². The SMILES string of the molecule is Cc1nc2cc(CC3(N)CC3)ccc2n1C1CC1. The first kappa shape index (κ1) is 10.6. The Balaban J connectivity index is 1.76. The molecule has 2 aromatic rings. The highest BCUT2D eigenvalue weighted by Gasteiger charge is 2.38. The van der Waals surface area contributed by atoms with Crippen LogP contribution in [0.25, 0.3) is 11.0 Å². The molecule has 0 bridgehead atoms. The Morgan fingerprint density at radius 2 is 2.17 bits per heavy atom. The Labute approximate surface area is 107 Å². The molecule has 2 aliphatic carbocycles. The summed E-state index contributed by atoms with van der Waals surface area (Å²) >= 11 is 0. The second kappa shape index (κ2) is 3.35. The van der Waals surface area contributed by atoms with Gasteiger partial charge in [-0.15, -0.1) is 0 Å². The van der Waals surface area contributed by atoms with Gasteiger partial charge in [-0.25, -0.2) is 4.98 Å². The molecule has 1 aromatic heterocycles. The molecular formula is C15H19N3. The number of benzene rings is 1. The van der Waals surface area contributed by atoms with Gasteiger partial charge in [0.05, 0.1) is 11.0 Å². The van der Waals surface area contributed by atoms with Crippen molar-refractivity contribution in [3.63, 3.8) is 0 Å². The van der Waals surface area contributed by atoms with E-state index in [1.165, 1.54) is 36.8 Å². The predicted molar refractivity (Wildman–Crippen MR) is 72.6 cm³/mol. The highest BCUT2D eigenvalue weighted by molar-refractivity contribution is 5.77. The van der Waals surface area contributed by atoms with Gasteiger partial charge >= 0.3 is 0 Å². The lowest BCUT2D eigenvalue weighted by Crippen LogP contribution is -2.24. The number of aryl methyl sites for hydroxylation is 1. The van der Waals surface area contributed by atoms with Crippen molar-refractivity contribution in [2.75, 3.05) is 0 Å². The topological polar surface area (TPSA) is 43.8 Å². The fourth-order valence-electron chi connectivity index (χ4n) is 2.91. The Morgan fingerprint density at radius 1 is 1.39 bits per heavy atom. The van der Waals surface area contributed by atoms with Gasteiger partial charge in [-0.1, -0.05) is 6.07 Å². The summed E-state index contributed by atoms with van der Waals surface area (Å²) in [5, 5.41) is 0. The first-order chi connectivity index (χ1) is 8.65. The average molecular weight is 241 g/mol. The molecule has 0 radical (unpaired) electrons. The molecular weight excluding hydrogens is 222 g/mol. The van der Waals surface area contributed by atoms with Crippen LogP contribution in [0.3, 0.4) is 0 Å². The van der Waals surface area contributed by atoms with Crippen LogP contribution in [0.2, 0.25) is 0 Å². The first-order valence-corrected chi connectivity index (χ1v) is 6.91. The van der Waals surface area contributed by atoms with E-state index in [1.807, 2.05) is 0 Å². The summed E-state index contributed by atoms with van der Waals surface area (Å²) < 4.78 is 2.40. The number of hydrogen-bond acceptors (Lipinski definition) is 2. The highest BCUT2D eigenvalue weighted by atomic mass is 15.1. The third-order valence-electron chi connectivity index (χ3n) is 4.29. The van der Waals surface area contributed by atoms with Gasteiger partial charge in [-0.05, 0) is 56.7 Å². The molecule has 4 rings (SSSR count). The molecule has 0 saturated heterocycles. The Bertz CT molecular complexity index is 618. The fraction of sp³-hybridized carbons (Fsp3) is 0.533. The Morgan fingerprint density at radius 3 is 2.83 bits per heavy atom. The van der Waals surface area contributed by atoms with Crippen LogP contribution in [0.4, 0.5) is 0 Å². The minimum Gasteiger partial charge on any atom is -0.325 e. The third kappa shape index (κ3) is 1.65. The second-order valence-corrected chi connectivity index (χ2v) is 6.12. The van der Waals surface area contributed by atoms with Crippen molar-refractivity contribution in [3.8, 4) is 0 Å². The molecule has 0 amide bonds. The number of aromatic nitrogens is 2. The normalized spacial score (nSPS) is 21.4. The molecule has 0 atom stereocenters. The van der Waals surface area contributed by atoms with Crippen LogP contribution >= 0.6 is 0 Å². The minimum absolute atomic E-state index is 0.0851. The quantitative estimate of drug-likeness (QED) is 0.898. The summed E-state index contributed by atoms with van der Waals surface area (Å²) in [6.07, 6.45) is 5.94. The van der Waals surface area contributed by atoms with E-state index in [2.05, 4.69) is 29.7 Å². The highest BCUT2D eigenvalue weighted by Crippen LogP contribution is 2.39. The van der Waals surface area contributed by atoms with Crippen molar-refractivity contribution in [1.82, 2.24) is 9.55 Å². The van der Waals surface area contributed by atoms with Crippen LogP contribution in [0.1, 0.15) is 43.1 Å². The largest absolute Gasteiger partial charge is 0.325 e. The zero-order chi connectivity index (χ0) is 12.3. The lowest BCUT2D eigenvalue weighted by molar-refractivity contribution is 0.672. The van der Waals surface area contributed by atoms with Crippen LogP contribution in [0, 0.1) is 6.92 Å². The maximum absolute atomic E-state index is 6.19. The lowest BCUT2D eigenvalue weighted by Gasteiger charge is -2.08. The van der Waals surface area contributed by atoms with Gasteiger partial charge in [-0.3, -0.25) is 0 Å². The smallest absolute Gasteiger partial charge is 0.106 e. The van der Waals surface area contributed by atoms with Crippen molar-refractivity contribution in [2.24, 2.45) is 5.73 Å². The van der Waals surface area contributed by atoms with Crippen molar-refractivity contribution >= 4 is 11.0 Å². The van der Waals surface area contributed by atoms with Crippen LogP contribution in [-0.4, -0.2) is 15.1 Å². The van der Waals surface area contributed by atoms with E-state index < -0.39 is 0 Å². The second-order valence-electron chi connectivity index (χ2n) is 6.12. The maximum Gasteiger partial charge on any atom is 0.106 e. The van der Waals surface area contributed by atoms with E-state index in [0.29, 0.717) is 6.04 Å². The lowest BCUT2D eigenvalue weighted by atomic mass is 10.0. The van der Waals surface area contributed by atoms with E-state index >= 15 is 0 Å². The molecule has 0 spiro atoms. The van der Waals surface area contributed by atoms with Gasteiger partial charge in [0.1, 0.15) is 5.82 Å². The molecule has 2 fully saturated rings. The number of nitrogens with two attached hydrogens (primary N) is 1. The number of rotatable bonds is 3. The summed E-state index contributed by atoms with van der Waals surface area (Å²) in [4.78, 5) is 4.71. The number of imidazole rings is 1.